The second kappa shape index (κ2) is 7.67. The summed E-state index contributed by atoms with van der Waals surface area (Å²) in [6, 6.07) is 12.0. The highest BCUT2D eigenvalue weighted by Crippen LogP contribution is 2.36. The maximum absolute atomic E-state index is 13.0. The number of amides is 3. The van der Waals surface area contributed by atoms with Crippen molar-refractivity contribution in [3.05, 3.63) is 42.0 Å². The summed E-state index contributed by atoms with van der Waals surface area (Å²) >= 11 is 0. The minimum absolute atomic E-state index is 0.0631. The molecule has 1 saturated heterocycles. The number of imide groups is 1. The van der Waals surface area contributed by atoms with Crippen molar-refractivity contribution in [3.63, 3.8) is 0 Å². The van der Waals surface area contributed by atoms with E-state index in [-0.39, 0.29) is 11.9 Å². The highest BCUT2D eigenvalue weighted by Gasteiger charge is 2.52. The number of carbonyl (C=O) groups excluding carboxylic acids is 2. The zero-order valence-electron chi connectivity index (χ0n) is 17.4. The minimum Gasteiger partial charge on any atom is -0.497 e. The third-order valence-corrected chi connectivity index (χ3v) is 6.32. The number of ether oxygens (including phenoxy) is 1. The number of hydrogen-bond acceptors (Lipinski definition) is 4. The lowest BCUT2D eigenvalue weighted by Gasteiger charge is -2.33. The van der Waals surface area contributed by atoms with E-state index in [2.05, 4.69) is 30.4 Å². The highest BCUT2D eigenvalue weighted by atomic mass is 16.5. The molecule has 0 atom stereocenters. The van der Waals surface area contributed by atoms with Gasteiger partial charge in [0.05, 0.1) is 13.8 Å². The number of benzene rings is 2. The van der Waals surface area contributed by atoms with Gasteiger partial charge in [0.1, 0.15) is 11.3 Å². The third kappa shape index (κ3) is 3.81. The lowest BCUT2D eigenvalue weighted by Crippen LogP contribution is -2.49. The quantitative estimate of drug-likeness (QED) is 0.784. The molecule has 1 spiro atoms. The number of carbonyl (C=O) groups is 2. The molecule has 1 N–H and O–H groups in total. The average molecular weight is 396 g/mol. The van der Waals surface area contributed by atoms with Crippen LogP contribution >= 0.6 is 0 Å². The molecule has 1 aliphatic carbocycles. The van der Waals surface area contributed by atoms with Gasteiger partial charge in [0.2, 0.25) is 0 Å². The molecule has 0 aromatic heterocycles. The van der Waals surface area contributed by atoms with Gasteiger partial charge in [0.15, 0.2) is 0 Å². The molecule has 6 heteroatoms. The van der Waals surface area contributed by atoms with E-state index in [9.17, 15) is 9.59 Å². The molecule has 1 saturated carbocycles. The predicted octanol–water partition coefficient (Wildman–Crippen LogP) is 3.74. The molecule has 2 fully saturated rings. The van der Waals surface area contributed by atoms with E-state index in [4.69, 9.17) is 4.74 Å². The largest absolute Gasteiger partial charge is 0.497 e. The van der Waals surface area contributed by atoms with Gasteiger partial charge in [-0.1, -0.05) is 25.1 Å². The van der Waals surface area contributed by atoms with Crippen LogP contribution in [0.1, 0.15) is 38.2 Å². The van der Waals surface area contributed by atoms with Crippen LogP contribution in [0, 0.1) is 5.92 Å². The Morgan fingerprint density at radius 1 is 1.14 bits per heavy atom. The predicted molar refractivity (Wildman–Crippen MR) is 113 cm³/mol. The van der Waals surface area contributed by atoms with Crippen LogP contribution in [-0.2, 0) is 11.3 Å². The van der Waals surface area contributed by atoms with Gasteiger partial charge in [-0.15, -0.1) is 0 Å². The molecule has 154 valence electrons. The summed E-state index contributed by atoms with van der Waals surface area (Å²) in [5.74, 6) is 1.40. The van der Waals surface area contributed by atoms with Crippen LogP contribution in [0.5, 0.6) is 5.75 Å². The number of rotatable bonds is 5. The second-order valence-corrected chi connectivity index (χ2v) is 8.63. The van der Waals surface area contributed by atoms with Crippen LogP contribution in [-0.4, -0.2) is 48.1 Å². The normalized spacial score (nSPS) is 24.6. The first kappa shape index (κ1) is 19.7. The molecule has 1 heterocycles. The lowest BCUT2D eigenvalue weighted by atomic mass is 9.77. The van der Waals surface area contributed by atoms with E-state index in [0.717, 1.165) is 47.8 Å². The first-order valence-electron chi connectivity index (χ1n) is 10.3. The fraction of sp³-hybridized carbons (Fsp3) is 0.478. The van der Waals surface area contributed by atoms with Crippen molar-refractivity contribution in [3.8, 4) is 5.75 Å². The summed E-state index contributed by atoms with van der Waals surface area (Å²) in [6.45, 7) is 3.16. The Morgan fingerprint density at radius 2 is 1.83 bits per heavy atom. The monoisotopic (exact) mass is 395 g/mol. The van der Waals surface area contributed by atoms with Gasteiger partial charge in [-0.25, -0.2) is 9.69 Å². The van der Waals surface area contributed by atoms with Crippen LogP contribution in [0.25, 0.3) is 10.8 Å². The molecule has 2 aromatic carbocycles. The summed E-state index contributed by atoms with van der Waals surface area (Å²) in [5.41, 5.74) is 0.463. The van der Waals surface area contributed by atoms with E-state index in [1.165, 1.54) is 4.90 Å². The molecule has 0 bridgehead atoms. The van der Waals surface area contributed by atoms with Crippen LogP contribution in [0.3, 0.4) is 0 Å². The topological polar surface area (TPSA) is 61.9 Å². The number of hydrogen-bond donors (Lipinski definition) is 1. The van der Waals surface area contributed by atoms with E-state index < -0.39 is 5.54 Å². The molecule has 0 radical (unpaired) electrons. The molecule has 2 aliphatic rings. The molecule has 2 aromatic rings. The smallest absolute Gasteiger partial charge is 0.326 e. The van der Waals surface area contributed by atoms with Gasteiger partial charge < -0.3 is 10.1 Å². The number of methoxy groups -OCH3 is 1. The van der Waals surface area contributed by atoms with Gasteiger partial charge in [0, 0.05) is 6.54 Å². The molecule has 6 nitrogen and oxygen atoms in total. The van der Waals surface area contributed by atoms with Crippen molar-refractivity contribution in [1.82, 2.24) is 15.1 Å². The van der Waals surface area contributed by atoms with Crippen LogP contribution in [0.15, 0.2) is 36.4 Å². The summed E-state index contributed by atoms with van der Waals surface area (Å²) in [4.78, 5) is 28.9. The van der Waals surface area contributed by atoms with Crippen molar-refractivity contribution in [2.75, 3.05) is 20.8 Å². The van der Waals surface area contributed by atoms with Crippen molar-refractivity contribution in [1.29, 1.82) is 0 Å². The zero-order chi connectivity index (χ0) is 20.6. The molecule has 4 rings (SSSR count). The zero-order valence-corrected chi connectivity index (χ0v) is 17.4. The Bertz CT molecular complexity index is 934. The number of urea groups is 1. The highest BCUT2D eigenvalue weighted by molar-refractivity contribution is 6.07. The van der Waals surface area contributed by atoms with Gasteiger partial charge >= 0.3 is 6.03 Å². The Labute approximate surface area is 171 Å². The molecular formula is C23H29N3O3. The van der Waals surface area contributed by atoms with E-state index in [0.29, 0.717) is 19.1 Å². The molecular weight excluding hydrogens is 366 g/mol. The Kier molecular flexibility index (Phi) is 5.21. The Hall–Kier alpha value is -2.60. The molecule has 3 amide bonds. The lowest BCUT2D eigenvalue weighted by molar-refractivity contribution is -0.134. The van der Waals surface area contributed by atoms with Gasteiger partial charge in [-0.3, -0.25) is 9.69 Å². The number of nitrogens with one attached hydrogen (secondary N) is 1. The number of nitrogens with zero attached hydrogens (tertiary/aromatic N) is 2. The minimum atomic E-state index is -0.674. The first-order chi connectivity index (χ1) is 13.9. The van der Waals surface area contributed by atoms with Crippen molar-refractivity contribution < 1.29 is 14.3 Å². The second-order valence-electron chi connectivity index (χ2n) is 8.63. The van der Waals surface area contributed by atoms with Crippen molar-refractivity contribution >= 4 is 22.7 Å². The third-order valence-electron chi connectivity index (χ3n) is 6.32. The summed E-state index contributed by atoms with van der Waals surface area (Å²) in [6.07, 6.45) is 3.45. The van der Waals surface area contributed by atoms with Gasteiger partial charge in [-0.05, 0) is 73.2 Å². The summed E-state index contributed by atoms with van der Waals surface area (Å²) in [7, 11) is 3.60. The van der Waals surface area contributed by atoms with E-state index >= 15 is 0 Å². The van der Waals surface area contributed by atoms with Crippen molar-refractivity contribution in [2.45, 2.75) is 44.7 Å². The fourth-order valence-corrected chi connectivity index (χ4v) is 4.50. The Morgan fingerprint density at radius 3 is 2.55 bits per heavy atom. The maximum atomic E-state index is 13.0. The summed E-state index contributed by atoms with van der Waals surface area (Å²) in [5, 5.41) is 5.26. The van der Waals surface area contributed by atoms with Crippen LogP contribution in [0.2, 0.25) is 0 Å². The molecule has 29 heavy (non-hydrogen) atoms. The van der Waals surface area contributed by atoms with E-state index in [1.54, 1.807) is 7.11 Å². The van der Waals surface area contributed by atoms with E-state index in [1.807, 2.05) is 30.1 Å². The SMILES string of the molecule is COc1ccc2cc(CN(C)CN3C(=O)NC4(CCC(C)CC4)C3=O)ccc2c1. The van der Waals surface area contributed by atoms with Crippen molar-refractivity contribution in [2.24, 2.45) is 5.92 Å². The maximum Gasteiger partial charge on any atom is 0.326 e. The van der Waals surface area contributed by atoms with Crippen LogP contribution in [0.4, 0.5) is 4.79 Å². The first-order valence-corrected chi connectivity index (χ1v) is 10.3. The van der Waals surface area contributed by atoms with Gasteiger partial charge in [0.25, 0.3) is 5.91 Å². The summed E-state index contributed by atoms with van der Waals surface area (Å²) < 4.78 is 5.28. The fourth-order valence-electron chi connectivity index (χ4n) is 4.50. The average Bonchev–Trinajstić information content (AvgIpc) is 2.94. The molecule has 0 unspecified atom stereocenters. The number of fused-ring (bicyclic) bond motifs is 1. The van der Waals surface area contributed by atoms with Crippen LogP contribution < -0.4 is 10.1 Å². The Balaban J connectivity index is 1.43. The molecule has 1 aliphatic heterocycles. The van der Waals surface area contributed by atoms with Gasteiger partial charge in [-0.2, -0.15) is 0 Å². The standard InChI is InChI=1S/C23H29N3O3/c1-16-8-10-23(11-9-16)21(27)26(22(28)24-23)15-25(2)14-17-4-5-19-13-20(29-3)7-6-18(19)12-17/h4-7,12-13,16H,8-11,14-15H2,1-3H3,(H,24,28).